The maximum absolute atomic E-state index is 11.7. The summed E-state index contributed by atoms with van der Waals surface area (Å²) in [6, 6.07) is -2.17. The van der Waals surface area contributed by atoms with Crippen molar-refractivity contribution in [2.75, 3.05) is 50.1 Å². The fourth-order valence-corrected chi connectivity index (χ4v) is 5.93. The molecule has 0 fully saturated rings. The molecule has 0 rings (SSSR count). The average molecular weight is 926 g/mol. The van der Waals surface area contributed by atoms with Crippen molar-refractivity contribution in [3.63, 3.8) is 0 Å². The highest BCUT2D eigenvalue weighted by atomic mass is 32.2. The highest BCUT2D eigenvalue weighted by Crippen LogP contribution is 2.12. The van der Waals surface area contributed by atoms with Gasteiger partial charge in [0.25, 0.3) is 0 Å². The summed E-state index contributed by atoms with van der Waals surface area (Å²) in [5, 5.41) is 7.44. The van der Waals surface area contributed by atoms with Gasteiger partial charge in [0.15, 0.2) is 0 Å². The lowest BCUT2D eigenvalue weighted by Gasteiger charge is -2.22. The van der Waals surface area contributed by atoms with E-state index in [0.717, 1.165) is 37.2 Å². The Balaban J connectivity index is -0.000000377. The van der Waals surface area contributed by atoms with Crippen LogP contribution in [0.3, 0.4) is 0 Å². The molecule has 61 heavy (non-hydrogen) atoms. The minimum atomic E-state index is -0.784. The van der Waals surface area contributed by atoms with E-state index in [-0.39, 0.29) is 5.75 Å². The summed E-state index contributed by atoms with van der Waals surface area (Å²) >= 11 is 7.10. The molecule has 0 aliphatic rings. The van der Waals surface area contributed by atoms with Gasteiger partial charge in [0.2, 0.25) is 0 Å². The van der Waals surface area contributed by atoms with Gasteiger partial charge in [-0.1, -0.05) is 38.0 Å². The average Bonchev–Trinajstić information content (AvgIpc) is 3.15. The van der Waals surface area contributed by atoms with Gasteiger partial charge in [-0.2, -0.15) is 36.2 Å². The number of rotatable bonds is 22. The molecule has 0 saturated carbocycles. The third kappa shape index (κ3) is 45.8. The summed E-state index contributed by atoms with van der Waals surface area (Å²) in [7, 11) is 3.85. The van der Waals surface area contributed by atoms with Crippen molar-refractivity contribution in [1.29, 1.82) is 0 Å². The van der Waals surface area contributed by atoms with E-state index in [1.807, 2.05) is 18.2 Å². The first-order valence-electron chi connectivity index (χ1n) is 20.1. The fraction of sp³-hybridized carbons (Fsp3) is 0.721. The van der Waals surface area contributed by atoms with E-state index in [9.17, 15) is 28.8 Å². The lowest BCUT2D eigenvalue weighted by Crippen LogP contribution is -2.45. The van der Waals surface area contributed by atoms with Gasteiger partial charge in [-0.3, -0.25) is 0 Å². The van der Waals surface area contributed by atoms with Crippen molar-refractivity contribution < 1.29 is 57.2 Å². The van der Waals surface area contributed by atoms with Gasteiger partial charge in [-0.15, -0.1) is 19.7 Å². The number of allylic oxidation sites excluding steroid dienone is 3. The number of alkyl carbamates (subject to hydrolysis) is 3. The number of hydrogen-bond donors (Lipinski definition) is 4. The summed E-state index contributed by atoms with van der Waals surface area (Å²) < 4.78 is 29.1. The third-order valence-corrected chi connectivity index (χ3v) is 9.10. The summed E-state index contributed by atoms with van der Waals surface area (Å²) in [5.74, 6) is 1.40. The molecule has 18 heteroatoms. The Hall–Kier alpha value is -3.51. The highest BCUT2D eigenvalue weighted by Gasteiger charge is 2.27. The van der Waals surface area contributed by atoms with Gasteiger partial charge in [-0.05, 0) is 106 Å². The molecule has 0 aromatic rings. The Bertz CT molecular complexity index is 1200. The molecule has 0 bridgehead atoms. The summed E-state index contributed by atoms with van der Waals surface area (Å²) in [6.45, 7) is 28.9. The number of thioether (sulfide) groups is 2. The molecular weight excluding hydrogens is 847 g/mol. The molecule has 3 atom stereocenters. The molecular formula is C43H79N3O12S3. The van der Waals surface area contributed by atoms with Gasteiger partial charge >= 0.3 is 36.2 Å². The number of ether oxygens (including phenoxy) is 6. The van der Waals surface area contributed by atoms with E-state index in [0.29, 0.717) is 11.5 Å². The first kappa shape index (κ1) is 64.1. The molecule has 0 aliphatic carbocycles. The minimum Gasteiger partial charge on any atom is -0.467 e. The molecule has 0 spiro atoms. The maximum Gasteiger partial charge on any atom is 0.408 e. The first-order valence-corrected chi connectivity index (χ1v) is 23.1. The zero-order valence-electron chi connectivity index (χ0n) is 39.2. The van der Waals surface area contributed by atoms with Crippen LogP contribution in [0.25, 0.3) is 0 Å². The molecule has 0 heterocycles. The molecule has 0 unspecified atom stereocenters. The predicted molar refractivity (Wildman–Crippen MR) is 253 cm³/mol. The topological polar surface area (TPSA) is 194 Å². The molecule has 0 aromatic carbocycles. The van der Waals surface area contributed by atoms with Crippen molar-refractivity contribution in [3.05, 3.63) is 38.0 Å². The van der Waals surface area contributed by atoms with Crippen LogP contribution in [0.2, 0.25) is 0 Å². The predicted octanol–water partition coefficient (Wildman–Crippen LogP) is 8.85. The van der Waals surface area contributed by atoms with Crippen LogP contribution < -0.4 is 16.0 Å². The number of methoxy groups -OCH3 is 3. The Morgan fingerprint density at radius 3 is 1.05 bits per heavy atom. The van der Waals surface area contributed by atoms with E-state index in [1.165, 1.54) is 40.6 Å². The zero-order valence-corrected chi connectivity index (χ0v) is 41.8. The molecule has 0 aromatic heterocycles. The van der Waals surface area contributed by atoms with E-state index in [1.54, 1.807) is 85.8 Å². The lowest BCUT2D eigenvalue weighted by atomic mass is 10.2. The van der Waals surface area contributed by atoms with Crippen LogP contribution in [0.1, 0.15) is 114 Å². The molecule has 0 saturated heterocycles. The highest BCUT2D eigenvalue weighted by molar-refractivity contribution is 7.99. The first-order chi connectivity index (χ1) is 28.3. The summed E-state index contributed by atoms with van der Waals surface area (Å²) in [4.78, 5) is 68.9. The number of thiol groups is 1. The van der Waals surface area contributed by atoms with Crippen LogP contribution in [-0.4, -0.2) is 121 Å². The number of amides is 3. The number of carbonyl (C=O) groups is 6. The number of hydrogen-bond acceptors (Lipinski definition) is 15. The zero-order chi connectivity index (χ0) is 48.1. The van der Waals surface area contributed by atoms with Gasteiger partial charge in [0.05, 0.1) is 21.3 Å². The van der Waals surface area contributed by atoms with Crippen molar-refractivity contribution in [2.45, 2.75) is 149 Å². The third-order valence-electron chi connectivity index (χ3n) is 6.44. The van der Waals surface area contributed by atoms with Crippen LogP contribution in [0.4, 0.5) is 14.4 Å². The second kappa shape index (κ2) is 38.2. The van der Waals surface area contributed by atoms with E-state index in [4.69, 9.17) is 14.2 Å². The Morgan fingerprint density at radius 2 is 0.820 bits per heavy atom. The molecule has 3 N–H and O–H groups in total. The van der Waals surface area contributed by atoms with Crippen LogP contribution >= 0.6 is 36.2 Å². The second-order valence-corrected chi connectivity index (χ2v) is 18.5. The molecule has 15 nitrogen and oxygen atoms in total. The van der Waals surface area contributed by atoms with Gasteiger partial charge in [0, 0.05) is 17.3 Å². The van der Waals surface area contributed by atoms with E-state index >= 15 is 0 Å². The van der Waals surface area contributed by atoms with Crippen LogP contribution in [0, 0.1) is 0 Å². The Morgan fingerprint density at radius 1 is 0.541 bits per heavy atom. The Kier molecular flexibility index (Phi) is 40.1. The van der Waals surface area contributed by atoms with Crippen LogP contribution in [0.15, 0.2) is 38.0 Å². The number of unbranched alkanes of at least 4 members (excludes halogenated alkanes) is 4. The quantitative estimate of drug-likeness (QED) is 0.0264. The van der Waals surface area contributed by atoms with Crippen molar-refractivity contribution >= 4 is 72.3 Å². The van der Waals surface area contributed by atoms with E-state index < -0.39 is 71.1 Å². The van der Waals surface area contributed by atoms with E-state index in [2.05, 4.69) is 69.5 Å². The Labute approximate surface area is 381 Å². The van der Waals surface area contributed by atoms with Gasteiger partial charge in [0.1, 0.15) is 34.9 Å². The maximum atomic E-state index is 11.7. The monoisotopic (exact) mass is 925 g/mol. The lowest BCUT2D eigenvalue weighted by molar-refractivity contribution is -0.143. The molecule has 356 valence electrons. The SMILES string of the molecule is C=CCCCC.C=CCCCSC[C@H](NC(=O)OC(C)(C)C)C(=O)OC.C=CCCCSC[C@H](NC(=O)OC(C)(C)C)C(=O)OC.COC(=O)[C@H](CS)NC(=O)OC(C)(C)C. The second-order valence-electron chi connectivity index (χ2n) is 15.8. The molecule has 0 aliphatic heterocycles. The fourth-order valence-electron chi connectivity index (χ4n) is 3.70. The van der Waals surface area contributed by atoms with Crippen LogP contribution in [-0.2, 0) is 42.8 Å². The summed E-state index contributed by atoms with van der Waals surface area (Å²) in [5.41, 5.74) is -1.79. The normalized spacial score (nSPS) is 12.1. The largest absolute Gasteiger partial charge is 0.467 e. The number of nitrogens with one attached hydrogen (secondary N) is 3. The minimum absolute atomic E-state index is 0.159. The van der Waals surface area contributed by atoms with Gasteiger partial charge in [-0.25, -0.2) is 28.8 Å². The number of carbonyl (C=O) groups excluding carboxylic acids is 6. The molecule has 3 amide bonds. The van der Waals surface area contributed by atoms with Crippen molar-refractivity contribution in [3.8, 4) is 0 Å². The smallest absolute Gasteiger partial charge is 0.408 e. The molecule has 0 radical (unpaired) electrons. The number of esters is 3. The van der Waals surface area contributed by atoms with Crippen molar-refractivity contribution in [2.24, 2.45) is 0 Å². The summed E-state index contributed by atoms with van der Waals surface area (Å²) in [6.07, 6.45) is 11.4. The van der Waals surface area contributed by atoms with Gasteiger partial charge < -0.3 is 44.4 Å². The van der Waals surface area contributed by atoms with Crippen molar-refractivity contribution in [1.82, 2.24) is 16.0 Å². The standard InChI is InChI=1S/2C14H25NO4S.C9H17NO4S.C6H12/c2*1-6-7-8-9-20-10-11(12(16)18-5)15-13(17)19-14(2,3)4;1-9(2,3)14-8(12)10-6(5-15)7(11)13-4;1-3-5-6-4-2/h2*6,11H,1,7-10H2,2-5H3,(H,15,17);6,15H,5H2,1-4H3,(H,10,12);3H,1,4-6H2,2H3/t2*11-;6-;/m000./s1. The van der Waals surface area contributed by atoms with Crippen LogP contribution in [0.5, 0.6) is 0 Å².